The van der Waals surface area contributed by atoms with Crippen molar-refractivity contribution in [3.63, 3.8) is 0 Å². The van der Waals surface area contributed by atoms with E-state index >= 15 is 0 Å². The Morgan fingerprint density at radius 2 is 1.50 bits per heavy atom. The van der Waals surface area contributed by atoms with E-state index < -0.39 is 5.54 Å². The Balaban J connectivity index is 0.00000107. The maximum absolute atomic E-state index is 12.3. The zero-order valence-corrected chi connectivity index (χ0v) is 20.3. The zero-order valence-electron chi connectivity index (χ0n) is 20.3. The molecule has 0 radical (unpaired) electrons. The van der Waals surface area contributed by atoms with Gasteiger partial charge in [0.2, 0.25) is 6.41 Å². The Labute approximate surface area is 203 Å². The van der Waals surface area contributed by atoms with Crippen molar-refractivity contribution in [3.05, 3.63) is 78.4 Å². The van der Waals surface area contributed by atoms with Crippen molar-refractivity contribution in [3.8, 4) is 11.8 Å². The molecule has 1 heterocycles. The number of rotatable bonds is 4. The summed E-state index contributed by atoms with van der Waals surface area (Å²) in [6.45, 7) is 15.1. The van der Waals surface area contributed by atoms with Crippen LogP contribution in [0.1, 0.15) is 42.3 Å². The molecule has 5 N–H and O–H groups in total. The summed E-state index contributed by atoms with van der Waals surface area (Å²) in [6.07, 6.45) is 0.250. The normalized spacial score (nSPS) is 13.5. The van der Waals surface area contributed by atoms with Crippen LogP contribution in [-0.4, -0.2) is 50.2 Å². The Bertz CT molecular complexity index is 949. The van der Waals surface area contributed by atoms with Gasteiger partial charge in [-0.15, -0.1) is 13.2 Å². The van der Waals surface area contributed by atoms with Gasteiger partial charge in [-0.2, -0.15) is 0 Å². The van der Waals surface area contributed by atoms with E-state index in [9.17, 15) is 4.79 Å². The van der Waals surface area contributed by atoms with Gasteiger partial charge in [-0.05, 0) is 69.3 Å². The maximum atomic E-state index is 12.3. The molecule has 7 heteroatoms. The van der Waals surface area contributed by atoms with Gasteiger partial charge in [0.15, 0.2) is 0 Å². The molecule has 2 aromatic rings. The molecular formula is C27H36N4O3. The van der Waals surface area contributed by atoms with E-state index in [0.29, 0.717) is 5.56 Å². The standard InChI is InChI=1S/C24H29N3O2.C2H4.CH3NO/c1-18(24(2,3)25)26-23(28)21-10-6-19(7-11-21)4-5-20-8-12-22(13-9-20)27-14-16-29-17-15-27;1-2;2-1-3/h6-13,18H,14-17,25H2,1-3H3,(H,26,28);1-2H2;1H,(H2,2,3). The smallest absolute Gasteiger partial charge is 0.251 e. The van der Waals surface area contributed by atoms with Gasteiger partial charge in [0, 0.05) is 47.0 Å². The lowest BCUT2D eigenvalue weighted by Crippen LogP contribution is -2.52. The van der Waals surface area contributed by atoms with Crippen molar-refractivity contribution in [2.75, 3.05) is 31.2 Å². The summed E-state index contributed by atoms with van der Waals surface area (Å²) >= 11 is 0. The predicted octanol–water partition coefficient (Wildman–Crippen LogP) is 2.68. The quantitative estimate of drug-likeness (QED) is 0.366. The molecule has 1 aliphatic rings. The van der Waals surface area contributed by atoms with Crippen LogP contribution in [0, 0.1) is 11.8 Å². The average molecular weight is 465 g/mol. The molecule has 2 amide bonds. The Hall–Kier alpha value is -3.60. The summed E-state index contributed by atoms with van der Waals surface area (Å²) in [4.78, 5) is 23.2. The molecule has 1 saturated heterocycles. The van der Waals surface area contributed by atoms with Crippen LogP contribution in [0.5, 0.6) is 0 Å². The topological polar surface area (TPSA) is 111 Å². The van der Waals surface area contributed by atoms with Gasteiger partial charge in [-0.25, -0.2) is 0 Å². The molecule has 0 aliphatic carbocycles. The number of anilines is 1. The number of carbonyl (C=O) groups is 2. The molecule has 7 nitrogen and oxygen atoms in total. The SMILES string of the molecule is C=C.CC(NC(=O)c1ccc(C#Cc2ccc(N3CCOCC3)cc2)cc1)C(C)(C)N.NC=O. The molecule has 3 rings (SSSR count). The van der Waals surface area contributed by atoms with Crippen LogP contribution in [0.25, 0.3) is 0 Å². The molecule has 1 atom stereocenters. The number of carbonyl (C=O) groups excluding carboxylic acids is 2. The molecule has 0 aromatic heterocycles. The first-order chi connectivity index (χ1) is 16.2. The summed E-state index contributed by atoms with van der Waals surface area (Å²) in [5.74, 6) is 6.21. The monoisotopic (exact) mass is 464 g/mol. The van der Waals surface area contributed by atoms with E-state index in [1.54, 1.807) is 12.1 Å². The van der Waals surface area contributed by atoms with Crippen molar-refractivity contribution < 1.29 is 14.3 Å². The minimum atomic E-state index is -0.474. The van der Waals surface area contributed by atoms with Gasteiger partial charge in [-0.3, -0.25) is 9.59 Å². The number of nitrogens with one attached hydrogen (secondary N) is 1. The number of primary amides is 1. The Kier molecular flexibility index (Phi) is 12.1. The summed E-state index contributed by atoms with van der Waals surface area (Å²) in [7, 11) is 0. The predicted molar refractivity (Wildman–Crippen MR) is 139 cm³/mol. The van der Waals surface area contributed by atoms with Crippen molar-refractivity contribution in [2.24, 2.45) is 11.5 Å². The number of amides is 2. The van der Waals surface area contributed by atoms with Crippen LogP contribution in [0.2, 0.25) is 0 Å². The van der Waals surface area contributed by atoms with Gasteiger partial charge in [0.1, 0.15) is 0 Å². The number of morpholine rings is 1. The molecule has 2 aromatic carbocycles. The van der Waals surface area contributed by atoms with Crippen LogP contribution < -0.4 is 21.7 Å². The molecule has 1 unspecified atom stereocenters. The zero-order chi connectivity index (χ0) is 25.6. The third-order valence-corrected chi connectivity index (χ3v) is 5.21. The fraction of sp³-hybridized carbons (Fsp3) is 0.333. The van der Waals surface area contributed by atoms with Crippen molar-refractivity contribution in [2.45, 2.75) is 32.4 Å². The van der Waals surface area contributed by atoms with Gasteiger partial charge < -0.3 is 26.4 Å². The van der Waals surface area contributed by atoms with E-state index in [4.69, 9.17) is 15.3 Å². The third kappa shape index (κ3) is 9.49. The lowest BCUT2D eigenvalue weighted by Gasteiger charge is -2.28. The largest absolute Gasteiger partial charge is 0.378 e. The first-order valence-corrected chi connectivity index (χ1v) is 11.0. The third-order valence-electron chi connectivity index (χ3n) is 5.21. The summed E-state index contributed by atoms with van der Waals surface area (Å²) < 4.78 is 5.39. The number of ether oxygens (including phenoxy) is 1. The minimum absolute atomic E-state index is 0.130. The van der Waals surface area contributed by atoms with E-state index in [0.717, 1.165) is 37.4 Å². The van der Waals surface area contributed by atoms with E-state index in [-0.39, 0.29) is 18.4 Å². The second kappa shape index (κ2) is 14.5. The first-order valence-electron chi connectivity index (χ1n) is 11.0. The maximum Gasteiger partial charge on any atom is 0.251 e. The lowest BCUT2D eigenvalue weighted by atomic mass is 9.97. The fourth-order valence-electron chi connectivity index (χ4n) is 2.89. The average Bonchev–Trinajstić information content (AvgIpc) is 2.85. The highest BCUT2D eigenvalue weighted by Crippen LogP contribution is 2.16. The van der Waals surface area contributed by atoms with Crippen LogP contribution in [0.3, 0.4) is 0 Å². The van der Waals surface area contributed by atoms with Crippen molar-refractivity contribution in [1.82, 2.24) is 5.32 Å². The highest BCUT2D eigenvalue weighted by atomic mass is 16.5. The van der Waals surface area contributed by atoms with Gasteiger partial charge in [-0.1, -0.05) is 11.8 Å². The second-order valence-corrected chi connectivity index (χ2v) is 8.13. The molecule has 0 spiro atoms. The molecule has 182 valence electrons. The number of hydrogen-bond acceptors (Lipinski definition) is 5. The summed E-state index contributed by atoms with van der Waals surface area (Å²) in [5, 5.41) is 2.93. The Morgan fingerprint density at radius 3 is 1.94 bits per heavy atom. The number of nitrogens with zero attached hydrogens (tertiary/aromatic N) is 1. The number of hydrogen-bond donors (Lipinski definition) is 3. The molecule has 1 aliphatic heterocycles. The van der Waals surface area contributed by atoms with Crippen LogP contribution in [0.15, 0.2) is 61.7 Å². The van der Waals surface area contributed by atoms with Gasteiger partial charge in [0.25, 0.3) is 5.91 Å². The minimum Gasteiger partial charge on any atom is -0.378 e. The molecule has 34 heavy (non-hydrogen) atoms. The van der Waals surface area contributed by atoms with Gasteiger partial charge in [0.05, 0.1) is 13.2 Å². The lowest BCUT2D eigenvalue weighted by molar-refractivity contribution is -0.106. The second-order valence-electron chi connectivity index (χ2n) is 8.13. The number of benzene rings is 2. The highest BCUT2D eigenvalue weighted by Gasteiger charge is 2.22. The van der Waals surface area contributed by atoms with E-state index in [1.165, 1.54) is 5.69 Å². The molecular weight excluding hydrogens is 428 g/mol. The van der Waals surface area contributed by atoms with E-state index in [2.05, 4.69) is 53.1 Å². The molecule has 0 bridgehead atoms. The fourth-order valence-corrected chi connectivity index (χ4v) is 2.89. The van der Waals surface area contributed by atoms with E-state index in [1.807, 2.05) is 45.0 Å². The molecule has 0 saturated carbocycles. The van der Waals surface area contributed by atoms with Crippen LogP contribution in [-0.2, 0) is 9.53 Å². The van der Waals surface area contributed by atoms with Crippen molar-refractivity contribution >= 4 is 18.0 Å². The van der Waals surface area contributed by atoms with Crippen LogP contribution >= 0.6 is 0 Å². The Morgan fingerprint density at radius 1 is 1.06 bits per heavy atom. The van der Waals surface area contributed by atoms with Crippen LogP contribution in [0.4, 0.5) is 5.69 Å². The van der Waals surface area contributed by atoms with Gasteiger partial charge >= 0.3 is 0 Å². The molecule has 1 fully saturated rings. The van der Waals surface area contributed by atoms with Crippen molar-refractivity contribution in [1.29, 1.82) is 0 Å². The first kappa shape index (κ1) is 28.4. The summed E-state index contributed by atoms with van der Waals surface area (Å²) in [6, 6.07) is 15.4. The number of nitrogens with two attached hydrogens (primary N) is 2. The summed E-state index contributed by atoms with van der Waals surface area (Å²) in [5.41, 5.74) is 13.4. The highest BCUT2D eigenvalue weighted by molar-refractivity contribution is 5.94.